The summed E-state index contributed by atoms with van der Waals surface area (Å²) in [5.74, 6) is -4.02. The maximum atomic E-state index is 13.9. The average Bonchev–Trinajstić information content (AvgIpc) is 2.37. The van der Waals surface area contributed by atoms with E-state index in [2.05, 4.69) is 4.98 Å². The van der Waals surface area contributed by atoms with Gasteiger partial charge in [-0.1, -0.05) is 29.8 Å². The number of hydrogen-bond acceptors (Lipinski definition) is 3. The average molecular weight is 264 g/mol. The topological polar surface area (TPSA) is 76.2 Å². The number of aromatic nitrogens is 1. The summed E-state index contributed by atoms with van der Waals surface area (Å²) < 4.78 is 27.3. The highest BCUT2D eigenvalue weighted by atomic mass is 19.1. The molecule has 6 heteroatoms. The summed E-state index contributed by atoms with van der Waals surface area (Å²) in [5, 5.41) is 8.82. The number of rotatable bonds is 2. The van der Waals surface area contributed by atoms with Gasteiger partial charge in [0.15, 0.2) is 17.3 Å². The molecule has 0 radical (unpaired) electrons. The molecule has 0 unspecified atom stereocenters. The van der Waals surface area contributed by atoms with Crippen LogP contribution in [0.1, 0.15) is 16.1 Å². The number of nitrogen functional groups attached to an aromatic ring is 1. The maximum Gasteiger partial charge on any atom is 0.357 e. The molecule has 1 aromatic carbocycles. The van der Waals surface area contributed by atoms with Gasteiger partial charge in [0.25, 0.3) is 0 Å². The van der Waals surface area contributed by atoms with Crippen LogP contribution in [0.25, 0.3) is 11.3 Å². The van der Waals surface area contributed by atoms with E-state index in [1.807, 2.05) is 6.92 Å². The van der Waals surface area contributed by atoms with E-state index >= 15 is 0 Å². The molecule has 3 N–H and O–H groups in total. The second-order valence-electron chi connectivity index (χ2n) is 4.02. The van der Waals surface area contributed by atoms with Crippen LogP contribution in [0.4, 0.5) is 14.5 Å². The van der Waals surface area contributed by atoms with Crippen LogP contribution in [-0.4, -0.2) is 16.1 Å². The first-order valence-electron chi connectivity index (χ1n) is 5.36. The van der Waals surface area contributed by atoms with Crippen LogP contribution in [0.15, 0.2) is 24.3 Å². The minimum atomic E-state index is -1.60. The van der Waals surface area contributed by atoms with Crippen molar-refractivity contribution >= 4 is 11.7 Å². The molecule has 0 bridgehead atoms. The third-order valence-electron chi connectivity index (χ3n) is 2.64. The second-order valence-corrected chi connectivity index (χ2v) is 4.02. The zero-order chi connectivity index (χ0) is 14.2. The lowest BCUT2D eigenvalue weighted by Gasteiger charge is -2.08. The number of aryl methyl sites for hydroxylation is 1. The number of hydrogen-bond donors (Lipinski definition) is 2. The number of benzene rings is 1. The smallest absolute Gasteiger partial charge is 0.357 e. The third kappa shape index (κ3) is 2.24. The number of halogens is 2. The van der Waals surface area contributed by atoms with Gasteiger partial charge in [0.05, 0.1) is 0 Å². The van der Waals surface area contributed by atoms with Crippen molar-refractivity contribution in [2.24, 2.45) is 0 Å². The molecule has 2 aromatic rings. The molecule has 0 aliphatic carbocycles. The Balaban J connectivity index is 2.70. The molecule has 0 atom stereocenters. The van der Waals surface area contributed by atoms with Gasteiger partial charge in [0.1, 0.15) is 11.4 Å². The maximum absolute atomic E-state index is 13.9. The third-order valence-corrected chi connectivity index (χ3v) is 2.64. The standard InChI is InChI=1S/C13H10F2N2O2/c1-6-2-4-7(5-3-6)11-8(14)10(16)9(15)12(17-11)13(18)19/h2-5H,1H3,(H2,16,17)(H,18,19). The number of carboxylic acid groups (broad SMARTS) is 1. The monoisotopic (exact) mass is 264 g/mol. The largest absolute Gasteiger partial charge is 0.476 e. The van der Waals surface area contributed by atoms with Gasteiger partial charge < -0.3 is 10.8 Å². The van der Waals surface area contributed by atoms with Crippen molar-refractivity contribution in [3.05, 3.63) is 47.2 Å². The Morgan fingerprint density at radius 3 is 2.32 bits per heavy atom. The fourth-order valence-corrected chi connectivity index (χ4v) is 1.61. The first-order valence-corrected chi connectivity index (χ1v) is 5.36. The van der Waals surface area contributed by atoms with Gasteiger partial charge in [-0.3, -0.25) is 0 Å². The molecule has 2 rings (SSSR count). The highest BCUT2D eigenvalue weighted by Crippen LogP contribution is 2.28. The first-order chi connectivity index (χ1) is 8.91. The van der Waals surface area contributed by atoms with Gasteiger partial charge in [0.2, 0.25) is 0 Å². The predicted octanol–water partition coefficient (Wildman–Crippen LogP) is 2.62. The fraction of sp³-hybridized carbons (Fsp3) is 0.0769. The molecular formula is C13H10F2N2O2. The Bertz CT molecular complexity index is 655. The Kier molecular flexibility index (Phi) is 3.16. The normalized spacial score (nSPS) is 10.5. The molecule has 98 valence electrons. The highest BCUT2D eigenvalue weighted by Gasteiger charge is 2.22. The quantitative estimate of drug-likeness (QED) is 0.874. The summed E-state index contributed by atoms with van der Waals surface area (Å²) in [6.45, 7) is 1.84. The lowest BCUT2D eigenvalue weighted by molar-refractivity contribution is 0.0685. The van der Waals surface area contributed by atoms with Gasteiger partial charge in [-0.05, 0) is 6.92 Å². The predicted molar refractivity (Wildman–Crippen MR) is 65.7 cm³/mol. The molecule has 0 aliphatic heterocycles. The molecule has 1 heterocycles. The van der Waals surface area contributed by atoms with Crippen LogP contribution >= 0.6 is 0 Å². The van der Waals surface area contributed by atoms with Crippen molar-refractivity contribution in [3.63, 3.8) is 0 Å². The number of aromatic carboxylic acids is 1. The van der Waals surface area contributed by atoms with E-state index in [0.717, 1.165) is 5.56 Å². The van der Waals surface area contributed by atoms with Crippen molar-refractivity contribution in [1.29, 1.82) is 0 Å². The summed E-state index contributed by atoms with van der Waals surface area (Å²) in [6.07, 6.45) is 0. The molecule has 4 nitrogen and oxygen atoms in total. The number of pyridine rings is 1. The zero-order valence-corrected chi connectivity index (χ0v) is 9.95. The second kappa shape index (κ2) is 4.64. The molecular weight excluding hydrogens is 254 g/mol. The minimum absolute atomic E-state index is 0.281. The van der Waals surface area contributed by atoms with Crippen LogP contribution in [-0.2, 0) is 0 Å². The molecule has 0 saturated carbocycles. The van der Waals surface area contributed by atoms with Crippen LogP contribution in [0.5, 0.6) is 0 Å². The van der Waals surface area contributed by atoms with E-state index in [0.29, 0.717) is 5.56 Å². The van der Waals surface area contributed by atoms with Crippen LogP contribution in [0, 0.1) is 18.6 Å². The summed E-state index contributed by atoms with van der Waals surface area (Å²) in [6, 6.07) is 6.53. The van der Waals surface area contributed by atoms with Crippen molar-refractivity contribution in [3.8, 4) is 11.3 Å². The first kappa shape index (κ1) is 12.9. The highest BCUT2D eigenvalue weighted by molar-refractivity contribution is 5.88. The fourth-order valence-electron chi connectivity index (χ4n) is 1.61. The number of carboxylic acids is 1. The Morgan fingerprint density at radius 2 is 1.79 bits per heavy atom. The molecule has 0 aliphatic rings. The van der Waals surface area contributed by atoms with Crippen LogP contribution in [0.3, 0.4) is 0 Å². The Morgan fingerprint density at radius 1 is 1.21 bits per heavy atom. The number of nitrogens with zero attached hydrogens (tertiary/aromatic N) is 1. The minimum Gasteiger partial charge on any atom is -0.476 e. The Labute approximate surface area is 107 Å². The van der Waals surface area contributed by atoms with Gasteiger partial charge >= 0.3 is 5.97 Å². The number of carbonyl (C=O) groups is 1. The van der Waals surface area contributed by atoms with Crippen molar-refractivity contribution in [2.45, 2.75) is 6.92 Å². The van der Waals surface area contributed by atoms with Gasteiger partial charge in [-0.2, -0.15) is 0 Å². The molecule has 0 saturated heterocycles. The Hall–Kier alpha value is -2.50. The zero-order valence-electron chi connectivity index (χ0n) is 9.95. The molecule has 0 spiro atoms. The lowest BCUT2D eigenvalue weighted by atomic mass is 10.1. The van der Waals surface area contributed by atoms with E-state index in [1.165, 1.54) is 0 Å². The summed E-state index contributed by atoms with van der Waals surface area (Å²) in [7, 11) is 0. The molecule has 19 heavy (non-hydrogen) atoms. The molecule has 1 aromatic heterocycles. The SMILES string of the molecule is Cc1ccc(-c2nc(C(=O)O)c(F)c(N)c2F)cc1. The van der Waals surface area contributed by atoms with Gasteiger partial charge in [-0.25, -0.2) is 18.6 Å². The van der Waals surface area contributed by atoms with Crippen molar-refractivity contribution < 1.29 is 18.7 Å². The summed E-state index contributed by atoms with van der Waals surface area (Å²) in [4.78, 5) is 14.3. The van der Waals surface area contributed by atoms with E-state index in [-0.39, 0.29) is 5.69 Å². The molecule has 0 fully saturated rings. The van der Waals surface area contributed by atoms with E-state index in [9.17, 15) is 13.6 Å². The van der Waals surface area contributed by atoms with Crippen LogP contribution in [0.2, 0.25) is 0 Å². The van der Waals surface area contributed by atoms with E-state index in [1.54, 1.807) is 24.3 Å². The number of nitrogens with two attached hydrogens (primary N) is 1. The van der Waals surface area contributed by atoms with Crippen LogP contribution < -0.4 is 5.73 Å². The summed E-state index contributed by atoms with van der Waals surface area (Å²) in [5.41, 5.74) is 4.49. The van der Waals surface area contributed by atoms with E-state index in [4.69, 9.17) is 10.8 Å². The number of anilines is 1. The summed E-state index contributed by atoms with van der Waals surface area (Å²) >= 11 is 0. The van der Waals surface area contributed by atoms with E-state index < -0.39 is 29.0 Å². The van der Waals surface area contributed by atoms with Crippen molar-refractivity contribution in [1.82, 2.24) is 4.98 Å². The molecule has 0 amide bonds. The van der Waals surface area contributed by atoms with Gasteiger partial charge in [-0.15, -0.1) is 0 Å². The lowest BCUT2D eigenvalue weighted by Crippen LogP contribution is -2.11. The van der Waals surface area contributed by atoms with Gasteiger partial charge in [0, 0.05) is 5.56 Å². The van der Waals surface area contributed by atoms with Crippen molar-refractivity contribution in [2.75, 3.05) is 5.73 Å².